The first-order valence-corrected chi connectivity index (χ1v) is 3.20. The van der Waals surface area contributed by atoms with Crippen LogP contribution in [-0.2, 0) is 9.53 Å². The fourth-order valence-corrected chi connectivity index (χ4v) is 0.823. The number of cyclic esters (lactones) is 1. The van der Waals surface area contributed by atoms with Crippen molar-refractivity contribution in [2.24, 2.45) is 0 Å². The molecule has 0 aromatic rings. The molecule has 0 spiro atoms. The van der Waals surface area contributed by atoms with Gasteiger partial charge in [0.1, 0.15) is 6.10 Å². The number of carbonyl (C=O) groups is 1. The quantitative estimate of drug-likeness (QED) is 0.275. The minimum Gasteiger partial charge on any atom is -1.00 e. The standard InChI is InChI=1S/C6H8O6.K.H/c7-1-2(8)5-3(9)4(10)6(11)12-5;;/h2,5,7-10H,1H2;;/q;+1;-1/t2-,5+;;/m0../s1. The fraction of sp³-hybridized carbons (Fsp3) is 0.500. The van der Waals surface area contributed by atoms with Gasteiger partial charge in [-0.1, -0.05) is 0 Å². The number of ether oxygens (including phenoxy) is 1. The summed E-state index contributed by atoms with van der Waals surface area (Å²) in [6.07, 6.45) is -2.78. The van der Waals surface area contributed by atoms with Gasteiger partial charge in [0.25, 0.3) is 0 Å². The largest absolute Gasteiger partial charge is 1.00 e. The molecule has 1 heterocycles. The summed E-state index contributed by atoms with van der Waals surface area (Å²) in [5.74, 6) is -2.78. The van der Waals surface area contributed by atoms with Crippen molar-refractivity contribution in [3.63, 3.8) is 0 Å². The molecule has 0 aromatic heterocycles. The molecule has 6 nitrogen and oxygen atoms in total. The van der Waals surface area contributed by atoms with Gasteiger partial charge in [-0.2, -0.15) is 0 Å². The third-order valence-electron chi connectivity index (χ3n) is 1.48. The van der Waals surface area contributed by atoms with Gasteiger partial charge >= 0.3 is 57.4 Å². The summed E-state index contributed by atoms with van der Waals surface area (Å²) in [6, 6.07) is 0. The van der Waals surface area contributed by atoms with Crippen LogP contribution in [-0.4, -0.2) is 45.2 Å². The molecule has 70 valence electrons. The number of hydrogen-bond acceptors (Lipinski definition) is 6. The molecule has 1 rings (SSSR count). The Morgan fingerprint density at radius 1 is 1.54 bits per heavy atom. The van der Waals surface area contributed by atoms with Crippen molar-refractivity contribution in [3.8, 4) is 0 Å². The van der Waals surface area contributed by atoms with Gasteiger partial charge in [0.2, 0.25) is 5.76 Å². The van der Waals surface area contributed by atoms with Crippen molar-refractivity contribution in [1.29, 1.82) is 0 Å². The Morgan fingerprint density at radius 3 is 2.38 bits per heavy atom. The van der Waals surface area contributed by atoms with E-state index in [9.17, 15) is 4.79 Å². The maximum Gasteiger partial charge on any atom is 1.00 e. The Balaban J connectivity index is 0. The first-order valence-electron chi connectivity index (χ1n) is 3.20. The maximum absolute atomic E-state index is 10.5. The van der Waals surface area contributed by atoms with E-state index >= 15 is 0 Å². The van der Waals surface area contributed by atoms with Crippen LogP contribution in [0.3, 0.4) is 0 Å². The molecule has 0 fully saturated rings. The van der Waals surface area contributed by atoms with E-state index < -0.39 is 36.3 Å². The van der Waals surface area contributed by atoms with E-state index in [1.807, 2.05) is 0 Å². The molecule has 13 heavy (non-hydrogen) atoms. The van der Waals surface area contributed by atoms with Crippen molar-refractivity contribution in [2.75, 3.05) is 6.61 Å². The number of aliphatic hydroxyl groups is 4. The number of hydrogen-bond donors (Lipinski definition) is 4. The van der Waals surface area contributed by atoms with Gasteiger partial charge in [-0.15, -0.1) is 0 Å². The molecule has 2 atom stereocenters. The Morgan fingerprint density at radius 2 is 2.08 bits per heavy atom. The minimum atomic E-state index is -1.42. The average Bonchev–Trinajstić information content (AvgIpc) is 2.32. The molecule has 1 aliphatic heterocycles. The summed E-state index contributed by atoms with van der Waals surface area (Å²) < 4.78 is 4.32. The van der Waals surface area contributed by atoms with Gasteiger partial charge in [-0.3, -0.25) is 0 Å². The van der Waals surface area contributed by atoms with Crippen LogP contribution in [0.1, 0.15) is 1.43 Å². The minimum absolute atomic E-state index is 0. The number of rotatable bonds is 2. The molecular weight excluding hydrogens is 207 g/mol. The number of esters is 1. The van der Waals surface area contributed by atoms with Crippen molar-refractivity contribution >= 4 is 5.97 Å². The summed E-state index contributed by atoms with van der Waals surface area (Å²) in [4.78, 5) is 10.5. The summed E-state index contributed by atoms with van der Waals surface area (Å²) in [6.45, 7) is -0.671. The number of aliphatic hydroxyl groups excluding tert-OH is 4. The van der Waals surface area contributed by atoms with Crippen LogP contribution >= 0.6 is 0 Å². The van der Waals surface area contributed by atoms with Crippen molar-refractivity contribution in [3.05, 3.63) is 11.5 Å². The third-order valence-corrected chi connectivity index (χ3v) is 1.48. The molecule has 0 aromatic carbocycles. The maximum atomic E-state index is 10.5. The molecule has 7 heteroatoms. The molecule has 0 aliphatic carbocycles. The summed E-state index contributed by atoms with van der Waals surface area (Å²) in [7, 11) is 0. The van der Waals surface area contributed by atoms with Crippen molar-refractivity contribution in [2.45, 2.75) is 12.2 Å². The molecular formula is C6H9KO6. The first kappa shape index (κ1) is 13.4. The number of carbonyl (C=O) groups excluding carboxylic acids is 1. The second-order valence-corrected chi connectivity index (χ2v) is 2.31. The Hall–Kier alpha value is 0.366. The summed E-state index contributed by atoms with van der Waals surface area (Å²) >= 11 is 0. The van der Waals surface area contributed by atoms with Crippen LogP contribution in [0.4, 0.5) is 0 Å². The van der Waals surface area contributed by atoms with Gasteiger partial charge < -0.3 is 26.6 Å². The van der Waals surface area contributed by atoms with Crippen molar-refractivity contribution in [1.82, 2.24) is 0 Å². The zero-order valence-corrected chi connectivity index (χ0v) is 10.1. The third kappa shape index (κ3) is 2.66. The summed E-state index contributed by atoms with van der Waals surface area (Å²) in [5, 5.41) is 35.0. The predicted octanol–water partition coefficient (Wildman–Crippen LogP) is -4.29. The Labute approximate surface area is 118 Å². The average molecular weight is 216 g/mol. The Kier molecular flexibility index (Phi) is 5.45. The molecule has 0 saturated carbocycles. The Bertz CT molecular complexity index is 242. The van der Waals surface area contributed by atoms with E-state index in [0.717, 1.165) is 0 Å². The normalized spacial score (nSPS) is 23.8. The SMILES string of the molecule is O=C1O[C@H]([C@@H](O)CO)C(O)=C1O.[H-].[K+]. The van der Waals surface area contributed by atoms with E-state index in [1.165, 1.54) is 0 Å². The first-order chi connectivity index (χ1) is 5.57. The molecule has 0 saturated heterocycles. The molecule has 0 bridgehead atoms. The molecule has 0 unspecified atom stereocenters. The van der Waals surface area contributed by atoms with Gasteiger partial charge in [0, 0.05) is 0 Å². The topological polar surface area (TPSA) is 107 Å². The van der Waals surface area contributed by atoms with Crippen molar-refractivity contribution < 1.29 is 82.8 Å². The molecule has 1 aliphatic rings. The molecule has 0 amide bonds. The van der Waals surface area contributed by atoms with Gasteiger partial charge in [-0.25, -0.2) is 4.79 Å². The zero-order chi connectivity index (χ0) is 9.30. The van der Waals surface area contributed by atoms with E-state index in [4.69, 9.17) is 20.4 Å². The fourth-order valence-electron chi connectivity index (χ4n) is 0.823. The van der Waals surface area contributed by atoms with E-state index in [2.05, 4.69) is 4.74 Å². The monoisotopic (exact) mass is 216 g/mol. The van der Waals surface area contributed by atoms with Crippen LogP contribution in [0.2, 0.25) is 0 Å². The van der Waals surface area contributed by atoms with Crippen LogP contribution in [0.25, 0.3) is 0 Å². The summed E-state index contributed by atoms with van der Waals surface area (Å²) in [5.41, 5.74) is 0. The van der Waals surface area contributed by atoms with E-state index in [1.54, 1.807) is 0 Å². The van der Waals surface area contributed by atoms with Crippen LogP contribution in [0.15, 0.2) is 11.5 Å². The predicted molar refractivity (Wildman–Crippen MR) is 36.4 cm³/mol. The van der Waals surface area contributed by atoms with Crippen LogP contribution < -0.4 is 51.4 Å². The van der Waals surface area contributed by atoms with Crippen LogP contribution in [0, 0.1) is 0 Å². The van der Waals surface area contributed by atoms with E-state index in [-0.39, 0.29) is 52.8 Å². The molecule has 4 N–H and O–H groups in total. The van der Waals surface area contributed by atoms with Crippen LogP contribution in [0.5, 0.6) is 0 Å². The smallest absolute Gasteiger partial charge is 1.00 e. The van der Waals surface area contributed by atoms with Gasteiger partial charge in [-0.05, 0) is 0 Å². The second kappa shape index (κ2) is 5.30. The van der Waals surface area contributed by atoms with Gasteiger partial charge in [0.05, 0.1) is 6.61 Å². The van der Waals surface area contributed by atoms with Gasteiger partial charge in [0.15, 0.2) is 11.9 Å². The van der Waals surface area contributed by atoms with E-state index in [0.29, 0.717) is 0 Å². The second-order valence-electron chi connectivity index (χ2n) is 2.31. The molecule has 0 radical (unpaired) electrons. The zero-order valence-electron chi connectivity index (χ0n) is 7.97.